The molecule has 0 radical (unpaired) electrons. The highest BCUT2D eigenvalue weighted by molar-refractivity contribution is 7.89. The van der Waals surface area contributed by atoms with Gasteiger partial charge in [-0.05, 0) is 31.9 Å². The van der Waals surface area contributed by atoms with Crippen LogP contribution in [0, 0.1) is 6.92 Å². The maximum atomic E-state index is 13.2. The highest BCUT2D eigenvalue weighted by Crippen LogP contribution is 2.21. The minimum Gasteiger partial charge on any atom is -0.377 e. The summed E-state index contributed by atoms with van der Waals surface area (Å²) in [5.74, 6) is 0.00736. The summed E-state index contributed by atoms with van der Waals surface area (Å²) in [4.78, 5) is 14.6. The molecule has 0 saturated carbocycles. The molecule has 1 aromatic rings. The lowest BCUT2D eigenvalue weighted by atomic mass is 10.2. The lowest BCUT2D eigenvalue weighted by Crippen LogP contribution is -2.47. The second kappa shape index (κ2) is 9.14. The molecule has 8 heteroatoms. The molecule has 3 rings (SSSR count). The van der Waals surface area contributed by atoms with Crippen LogP contribution in [-0.4, -0.2) is 75.5 Å². The smallest absolute Gasteiger partial charge is 0.243 e. The lowest BCUT2D eigenvalue weighted by Gasteiger charge is -2.29. The van der Waals surface area contributed by atoms with Gasteiger partial charge in [0.2, 0.25) is 15.9 Å². The highest BCUT2D eigenvalue weighted by Gasteiger charge is 2.30. The van der Waals surface area contributed by atoms with Crippen LogP contribution in [0.5, 0.6) is 0 Å². The average Bonchev–Trinajstić information content (AvgIpc) is 3.19. The number of benzene rings is 1. The summed E-state index contributed by atoms with van der Waals surface area (Å²) in [6.07, 6.45) is 1.89. The number of carbonyl (C=O) groups is 1. The van der Waals surface area contributed by atoms with Gasteiger partial charge in [-0.25, -0.2) is 8.42 Å². The zero-order chi connectivity index (χ0) is 19.3. The van der Waals surface area contributed by atoms with Crippen LogP contribution in [-0.2, 0) is 19.6 Å². The van der Waals surface area contributed by atoms with Gasteiger partial charge in [0.25, 0.3) is 0 Å². The monoisotopic (exact) mass is 395 g/mol. The van der Waals surface area contributed by atoms with Gasteiger partial charge in [-0.15, -0.1) is 0 Å². The molecule has 7 nitrogen and oxygen atoms in total. The van der Waals surface area contributed by atoms with Gasteiger partial charge in [0.1, 0.15) is 0 Å². The minimum absolute atomic E-state index is 0.00736. The number of sulfonamides is 1. The van der Waals surface area contributed by atoms with Crippen molar-refractivity contribution >= 4 is 15.9 Å². The van der Waals surface area contributed by atoms with Gasteiger partial charge in [0.15, 0.2) is 0 Å². The minimum atomic E-state index is -3.66. The van der Waals surface area contributed by atoms with E-state index in [0.717, 1.165) is 31.5 Å². The summed E-state index contributed by atoms with van der Waals surface area (Å²) in [5.41, 5.74) is 1.01. The van der Waals surface area contributed by atoms with Gasteiger partial charge >= 0.3 is 0 Å². The van der Waals surface area contributed by atoms with Crippen molar-refractivity contribution in [2.45, 2.75) is 37.2 Å². The number of hydrogen-bond donors (Lipinski definition) is 1. The molecule has 0 aliphatic carbocycles. The Balaban J connectivity index is 1.71. The molecule has 0 unspecified atom stereocenters. The number of nitrogens with zero attached hydrogens (tertiary/aromatic N) is 2. The fourth-order valence-electron chi connectivity index (χ4n) is 3.48. The Labute approximate surface area is 161 Å². The van der Waals surface area contributed by atoms with E-state index in [1.165, 1.54) is 4.31 Å². The zero-order valence-corrected chi connectivity index (χ0v) is 16.7. The number of piperazine rings is 1. The van der Waals surface area contributed by atoms with E-state index in [-0.39, 0.29) is 29.9 Å². The Bertz CT molecular complexity index is 724. The second-order valence-electron chi connectivity index (χ2n) is 7.19. The van der Waals surface area contributed by atoms with Crippen molar-refractivity contribution in [1.29, 1.82) is 0 Å². The number of rotatable bonds is 7. The van der Waals surface area contributed by atoms with Crippen LogP contribution < -0.4 is 5.32 Å². The summed E-state index contributed by atoms with van der Waals surface area (Å²) >= 11 is 0. The van der Waals surface area contributed by atoms with Crippen LogP contribution in [0.3, 0.4) is 0 Å². The maximum absolute atomic E-state index is 13.2. The Morgan fingerprint density at radius 1 is 1.26 bits per heavy atom. The Morgan fingerprint density at radius 2 is 1.96 bits per heavy atom. The largest absolute Gasteiger partial charge is 0.377 e. The van der Waals surface area contributed by atoms with Crippen LogP contribution in [0.15, 0.2) is 29.2 Å². The number of aryl methyl sites for hydroxylation is 1. The van der Waals surface area contributed by atoms with Crippen LogP contribution in [0.2, 0.25) is 0 Å². The third kappa shape index (κ3) is 5.28. The average molecular weight is 396 g/mol. The first-order valence-corrected chi connectivity index (χ1v) is 11.1. The molecule has 2 aliphatic heterocycles. The third-order valence-corrected chi connectivity index (χ3v) is 7.01. The Morgan fingerprint density at radius 3 is 2.59 bits per heavy atom. The summed E-state index contributed by atoms with van der Waals surface area (Å²) in [6.45, 7) is 5.99. The standard InChI is InChI=1S/C19H29N3O4S/c1-16-4-6-18(7-5-16)27(24,25)22(15-17-3-2-14-26-17)11-8-19(23)21-12-9-20-10-13-21/h4-7,17,20H,2-3,8-15H2,1H3/t17-/m0/s1. The first-order chi connectivity index (χ1) is 13.0. The Kier molecular flexibility index (Phi) is 6.86. The third-order valence-electron chi connectivity index (χ3n) is 5.13. The SMILES string of the molecule is Cc1ccc(S(=O)(=O)N(CCC(=O)N2CCNCC2)C[C@@H]2CCCO2)cc1. The molecular formula is C19H29N3O4S. The van der Waals surface area contributed by atoms with E-state index in [1.54, 1.807) is 29.2 Å². The highest BCUT2D eigenvalue weighted by atomic mass is 32.2. The first-order valence-electron chi connectivity index (χ1n) is 9.64. The van der Waals surface area contributed by atoms with Gasteiger partial charge in [0, 0.05) is 52.3 Å². The zero-order valence-electron chi connectivity index (χ0n) is 15.9. The molecule has 0 aromatic heterocycles. The quantitative estimate of drug-likeness (QED) is 0.745. The van der Waals surface area contributed by atoms with E-state index in [9.17, 15) is 13.2 Å². The fourth-order valence-corrected chi connectivity index (χ4v) is 4.95. The van der Waals surface area contributed by atoms with Crippen molar-refractivity contribution in [1.82, 2.24) is 14.5 Å². The van der Waals surface area contributed by atoms with Crippen molar-refractivity contribution in [3.05, 3.63) is 29.8 Å². The summed E-state index contributed by atoms with van der Waals surface area (Å²) < 4.78 is 33.4. The van der Waals surface area contributed by atoms with Crippen molar-refractivity contribution in [2.24, 2.45) is 0 Å². The maximum Gasteiger partial charge on any atom is 0.243 e. The van der Waals surface area contributed by atoms with Crippen molar-refractivity contribution in [2.75, 3.05) is 45.9 Å². The van der Waals surface area contributed by atoms with E-state index in [4.69, 9.17) is 4.74 Å². The molecule has 0 spiro atoms. The molecule has 0 bridgehead atoms. The fraction of sp³-hybridized carbons (Fsp3) is 0.632. The summed E-state index contributed by atoms with van der Waals surface area (Å²) in [6, 6.07) is 6.85. The van der Waals surface area contributed by atoms with Gasteiger partial charge in [-0.1, -0.05) is 17.7 Å². The van der Waals surface area contributed by atoms with E-state index in [0.29, 0.717) is 26.2 Å². The molecule has 150 valence electrons. The number of nitrogens with one attached hydrogen (secondary N) is 1. The lowest BCUT2D eigenvalue weighted by molar-refractivity contribution is -0.131. The topological polar surface area (TPSA) is 79.0 Å². The molecule has 2 saturated heterocycles. The molecule has 1 atom stereocenters. The van der Waals surface area contributed by atoms with Gasteiger partial charge in [-0.3, -0.25) is 4.79 Å². The van der Waals surface area contributed by atoms with Crippen LogP contribution in [0.4, 0.5) is 0 Å². The predicted octanol–water partition coefficient (Wildman–Crippen LogP) is 0.987. The molecular weight excluding hydrogens is 366 g/mol. The number of hydrogen-bond acceptors (Lipinski definition) is 5. The predicted molar refractivity (Wildman–Crippen MR) is 103 cm³/mol. The van der Waals surface area contributed by atoms with Crippen LogP contribution in [0.25, 0.3) is 0 Å². The number of ether oxygens (including phenoxy) is 1. The van der Waals surface area contributed by atoms with E-state index in [2.05, 4.69) is 5.32 Å². The number of carbonyl (C=O) groups excluding carboxylic acids is 1. The molecule has 2 aliphatic rings. The van der Waals surface area contributed by atoms with Gasteiger partial charge in [0.05, 0.1) is 11.0 Å². The molecule has 2 fully saturated rings. The van der Waals surface area contributed by atoms with Crippen molar-refractivity contribution in [3.63, 3.8) is 0 Å². The molecule has 1 amide bonds. The molecule has 27 heavy (non-hydrogen) atoms. The molecule has 2 heterocycles. The van der Waals surface area contributed by atoms with Crippen LogP contribution in [0.1, 0.15) is 24.8 Å². The first kappa shape index (κ1) is 20.3. The summed E-state index contributed by atoms with van der Waals surface area (Å²) in [7, 11) is -3.66. The van der Waals surface area contributed by atoms with Gasteiger partial charge in [-0.2, -0.15) is 4.31 Å². The normalized spacial score (nSPS) is 21.0. The molecule has 1 aromatic carbocycles. The second-order valence-corrected chi connectivity index (χ2v) is 9.13. The van der Waals surface area contributed by atoms with Crippen LogP contribution >= 0.6 is 0 Å². The van der Waals surface area contributed by atoms with Gasteiger partial charge < -0.3 is 15.0 Å². The van der Waals surface area contributed by atoms with E-state index >= 15 is 0 Å². The van der Waals surface area contributed by atoms with E-state index < -0.39 is 10.0 Å². The van der Waals surface area contributed by atoms with Crippen molar-refractivity contribution < 1.29 is 17.9 Å². The number of amides is 1. The van der Waals surface area contributed by atoms with E-state index in [1.807, 2.05) is 6.92 Å². The summed E-state index contributed by atoms with van der Waals surface area (Å²) in [5, 5.41) is 3.22. The molecule has 1 N–H and O–H groups in total. The Hall–Kier alpha value is -1.48. The van der Waals surface area contributed by atoms with Crippen molar-refractivity contribution in [3.8, 4) is 0 Å².